The van der Waals surface area contributed by atoms with E-state index >= 15 is 0 Å². The average molecular weight is 500 g/mol. The van der Waals surface area contributed by atoms with Crippen molar-refractivity contribution in [2.24, 2.45) is 5.41 Å². The number of hydrogen-bond acceptors (Lipinski definition) is 8. The van der Waals surface area contributed by atoms with Crippen molar-refractivity contribution in [3.8, 4) is 5.88 Å². The summed E-state index contributed by atoms with van der Waals surface area (Å²) >= 11 is 1.22. The molecule has 0 spiro atoms. The second kappa shape index (κ2) is 10.1. The first-order chi connectivity index (χ1) is 15.0. The number of rotatable bonds is 7. The predicted molar refractivity (Wildman–Crippen MR) is 125 cm³/mol. The summed E-state index contributed by atoms with van der Waals surface area (Å²) in [5.74, 6) is -0.295. The number of amides is 1. The first-order valence-corrected chi connectivity index (χ1v) is 12.4. The maximum Gasteiger partial charge on any atom is 0.408 e. The van der Waals surface area contributed by atoms with E-state index in [2.05, 4.69) is 10.3 Å². The molecule has 0 unspecified atom stereocenters. The van der Waals surface area contributed by atoms with Crippen molar-refractivity contribution < 1.29 is 32.0 Å². The summed E-state index contributed by atoms with van der Waals surface area (Å²) in [6.45, 7) is 10.4. The molecule has 0 aliphatic carbocycles. The number of carbonyl (C=O) groups is 2. The van der Waals surface area contributed by atoms with Gasteiger partial charge in [-0.3, -0.25) is 14.1 Å². The Labute approximate surface area is 197 Å². The molecular weight excluding hydrogens is 470 g/mol. The van der Waals surface area contributed by atoms with Crippen molar-refractivity contribution in [3.05, 3.63) is 40.2 Å². The molecule has 0 saturated carbocycles. The van der Waals surface area contributed by atoms with Crippen LogP contribution in [0.4, 0.5) is 10.5 Å². The van der Waals surface area contributed by atoms with E-state index in [-0.39, 0.29) is 11.6 Å². The zero-order chi connectivity index (χ0) is 25.0. The monoisotopic (exact) mass is 499 g/mol. The lowest BCUT2D eigenvalue weighted by atomic mass is 9.97. The molecule has 0 aliphatic rings. The van der Waals surface area contributed by atoms with E-state index in [9.17, 15) is 18.0 Å². The standard InChI is InChI=1S/C21H29N3O7S2/c1-20(2,3)18(25)30-16-12-32-17(23-16)15(22-19(26)31-21(4,5)6)11-13-7-9-14(10-8-13)24-33(27,28)29/h7-10,12,15,24H,11H2,1-6H3,(H,22,26)(H,27,28,29)/t15-/m0/s1. The molecule has 1 aromatic carbocycles. The third-order valence-electron chi connectivity index (χ3n) is 3.94. The molecule has 1 atom stereocenters. The number of esters is 1. The third kappa shape index (κ3) is 9.36. The zero-order valence-corrected chi connectivity index (χ0v) is 21.0. The zero-order valence-electron chi connectivity index (χ0n) is 19.3. The first kappa shape index (κ1) is 26.6. The van der Waals surface area contributed by atoms with Gasteiger partial charge in [-0.1, -0.05) is 12.1 Å². The van der Waals surface area contributed by atoms with Crippen molar-refractivity contribution in [2.75, 3.05) is 4.72 Å². The van der Waals surface area contributed by atoms with Crippen LogP contribution in [0, 0.1) is 5.41 Å². The summed E-state index contributed by atoms with van der Waals surface area (Å²) in [7, 11) is -4.38. The molecule has 3 N–H and O–H groups in total. The van der Waals surface area contributed by atoms with Gasteiger partial charge in [0, 0.05) is 0 Å². The van der Waals surface area contributed by atoms with Gasteiger partial charge in [-0.2, -0.15) is 8.42 Å². The third-order valence-corrected chi connectivity index (χ3v) is 5.37. The molecule has 2 aromatic rings. The lowest BCUT2D eigenvalue weighted by molar-refractivity contribution is -0.143. The van der Waals surface area contributed by atoms with E-state index < -0.39 is 39.4 Å². The van der Waals surface area contributed by atoms with Crippen molar-refractivity contribution in [1.29, 1.82) is 0 Å². The van der Waals surface area contributed by atoms with Crippen molar-refractivity contribution in [2.45, 2.75) is 59.6 Å². The Hall–Kier alpha value is -2.70. The highest BCUT2D eigenvalue weighted by Crippen LogP contribution is 2.28. The Kier molecular flexibility index (Phi) is 8.09. The number of aromatic nitrogens is 1. The minimum atomic E-state index is -4.38. The summed E-state index contributed by atoms with van der Waals surface area (Å²) in [5.41, 5.74) is -0.465. The van der Waals surface area contributed by atoms with E-state index in [0.717, 1.165) is 5.56 Å². The van der Waals surface area contributed by atoms with Crippen molar-refractivity contribution in [3.63, 3.8) is 0 Å². The molecule has 1 amide bonds. The largest absolute Gasteiger partial charge is 0.444 e. The van der Waals surface area contributed by atoms with Crippen LogP contribution < -0.4 is 14.8 Å². The van der Waals surface area contributed by atoms with Crippen molar-refractivity contribution in [1.82, 2.24) is 10.3 Å². The van der Waals surface area contributed by atoms with Crippen LogP contribution in [-0.4, -0.2) is 35.6 Å². The highest BCUT2D eigenvalue weighted by atomic mass is 32.2. The van der Waals surface area contributed by atoms with Gasteiger partial charge in [-0.25, -0.2) is 9.78 Å². The molecule has 2 rings (SSSR count). The molecule has 1 heterocycles. The van der Waals surface area contributed by atoms with E-state index in [1.54, 1.807) is 59.1 Å². The van der Waals surface area contributed by atoms with Gasteiger partial charge >= 0.3 is 22.4 Å². The second-order valence-corrected chi connectivity index (χ2v) is 11.4. The molecule has 0 saturated heterocycles. The Morgan fingerprint density at radius 3 is 2.24 bits per heavy atom. The van der Waals surface area contributed by atoms with Crippen LogP contribution in [-0.2, 0) is 26.3 Å². The molecule has 1 aromatic heterocycles. The van der Waals surface area contributed by atoms with Gasteiger partial charge in [-0.05, 0) is 65.7 Å². The quantitative estimate of drug-likeness (QED) is 0.381. The maximum atomic E-state index is 12.4. The van der Waals surface area contributed by atoms with Crippen LogP contribution in [0.15, 0.2) is 29.6 Å². The fraction of sp³-hybridized carbons (Fsp3) is 0.476. The van der Waals surface area contributed by atoms with Gasteiger partial charge in [0.1, 0.15) is 10.6 Å². The fourth-order valence-electron chi connectivity index (χ4n) is 2.47. The normalized spacial score (nSPS) is 13.2. The molecular formula is C21H29N3O7S2. The van der Waals surface area contributed by atoms with Crippen LogP contribution >= 0.6 is 11.3 Å². The van der Waals surface area contributed by atoms with Gasteiger partial charge in [0.15, 0.2) is 0 Å². The van der Waals surface area contributed by atoms with Gasteiger partial charge in [-0.15, -0.1) is 11.3 Å². The first-order valence-electron chi connectivity index (χ1n) is 10.0. The van der Waals surface area contributed by atoms with Gasteiger partial charge in [0.25, 0.3) is 0 Å². The minimum absolute atomic E-state index is 0.138. The van der Waals surface area contributed by atoms with E-state index in [1.165, 1.54) is 23.5 Å². The predicted octanol–water partition coefficient (Wildman–Crippen LogP) is 4.12. The van der Waals surface area contributed by atoms with Crippen LogP contribution in [0.5, 0.6) is 5.88 Å². The van der Waals surface area contributed by atoms with Gasteiger partial charge in [0.05, 0.1) is 22.5 Å². The van der Waals surface area contributed by atoms with Crippen molar-refractivity contribution >= 4 is 39.4 Å². The molecule has 0 bridgehead atoms. The molecule has 12 heteroatoms. The molecule has 33 heavy (non-hydrogen) atoms. The lowest BCUT2D eigenvalue weighted by Crippen LogP contribution is -2.35. The molecule has 0 radical (unpaired) electrons. The fourth-order valence-corrected chi connectivity index (χ4v) is 3.68. The van der Waals surface area contributed by atoms with E-state index in [1.807, 2.05) is 4.72 Å². The summed E-state index contributed by atoms with van der Waals surface area (Å²) in [6.07, 6.45) is -0.341. The van der Waals surface area contributed by atoms with Gasteiger partial charge in [0.2, 0.25) is 5.88 Å². The smallest absolute Gasteiger partial charge is 0.408 e. The highest BCUT2D eigenvalue weighted by molar-refractivity contribution is 7.87. The Bertz CT molecular complexity index is 1080. The number of anilines is 1. The molecule has 0 aliphatic heterocycles. The average Bonchev–Trinajstić information content (AvgIpc) is 3.07. The number of ether oxygens (including phenoxy) is 2. The molecule has 0 fully saturated rings. The number of alkyl carbamates (subject to hydrolysis) is 1. The summed E-state index contributed by atoms with van der Waals surface area (Å²) in [5, 5.41) is 4.87. The maximum absolute atomic E-state index is 12.4. The Morgan fingerprint density at radius 1 is 1.12 bits per heavy atom. The SMILES string of the molecule is CC(C)(C)OC(=O)N[C@@H](Cc1ccc(NS(=O)(=O)O)cc1)c1nc(OC(=O)C(C)(C)C)cs1. The Balaban J connectivity index is 2.24. The summed E-state index contributed by atoms with van der Waals surface area (Å²) in [4.78, 5) is 28.9. The number of thiazole rings is 1. The molecule has 10 nitrogen and oxygen atoms in total. The number of nitrogens with zero attached hydrogens (tertiary/aromatic N) is 1. The van der Waals surface area contributed by atoms with Gasteiger partial charge < -0.3 is 14.8 Å². The van der Waals surface area contributed by atoms with Crippen LogP contribution in [0.1, 0.15) is 58.2 Å². The number of nitrogens with one attached hydrogen (secondary N) is 2. The van der Waals surface area contributed by atoms with E-state index in [4.69, 9.17) is 14.0 Å². The molecule has 182 valence electrons. The van der Waals surface area contributed by atoms with E-state index in [0.29, 0.717) is 11.4 Å². The second-order valence-electron chi connectivity index (χ2n) is 9.34. The highest BCUT2D eigenvalue weighted by Gasteiger charge is 2.27. The topological polar surface area (TPSA) is 144 Å². The van der Waals surface area contributed by atoms with Crippen LogP contribution in [0.3, 0.4) is 0 Å². The lowest BCUT2D eigenvalue weighted by Gasteiger charge is -2.23. The van der Waals surface area contributed by atoms with Crippen LogP contribution in [0.2, 0.25) is 0 Å². The number of benzene rings is 1. The van der Waals surface area contributed by atoms with Crippen LogP contribution in [0.25, 0.3) is 0 Å². The summed E-state index contributed by atoms with van der Waals surface area (Å²) in [6, 6.07) is 5.64. The Morgan fingerprint density at radius 2 is 1.73 bits per heavy atom. The summed E-state index contributed by atoms with van der Waals surface area (Å²) < 4.78 is 43.5. The number of carbonyl (C=O) groups excluding carboxylic acids is 2. The minimum Gasteiger partial charge on any atom is -0.444 e. The number of hydrogen-bond donors (Lipinski definition) is 3.